The maximum Gasteiger partial charge on any atom is 0.0993 e. The van der Waals surface area contributed by atoms with E-state index in [2.05, 4.69) is 45.0 Å². The van der Waals surface area contributed by atoms with Crippen LogP contribution in [-0.2, 0) is 6.42 Å². The predicted molar refractivity (Wildman–Crippen MR) is 74.9 cm³/mol. The van der Waals surface area contributed by atoms with Gasteiger partial charge >= 0.3 is 0 Å². The van der Waals surface area contributed by atoms with Crippen molar-refractivity contribution in [2.24, 2.45) is 0 Å². The van der Waals surface area contributed by atoms with E-state index < -0.39 is 0 Å². The zero-order valence-corrected chi connectivity index (χ0v) is 11.3. The first-order valence-electron chi connectivity index (χ1n) is 6.99. The molecule has 4 nitrogen and oxygen atoms in total. The first kappa shape index (κ1) is 12.4. The molecule has 1 aliphatic rings. The van der Waals surface area contributed by atoms with Gasteiger partial charge in [0.05, 0.1) is 17.9 Å². The zero-order valence-electron chi connectivity index (χ0n) is 11.3. The number of H-pyrrole nitrogens is 1. The average Bonchev–Trinajstić information content (AvgIpc) is 2.99. The fraction of sp³-hybridized carbons (Fsp3) is 0.467. The Balaban J connectivity index is 1.80. The van der Waals surface area contributed by atoms with Crippen molar-refractivity contribution in [1.82, 2.24) is 20.7 Å². The summed E-state index contributed by atoms with van der Waals surface area (Å²) in [7, 11) is 1.99. The van der Waals surface area contributed by atoms with E-state index in [-0.39, 0.29) is 6.04 Å². The Morgan fingerprint density at radius 3 is 3.11 bits per heavy atom. The molecule has 0 radical (unpaired) electrons. The van der Waals surface area contributed by atoms with Gasteiger partial charge in [-0.3, -0.25) is 0 Å². The minimum absolute atomic E-state index is 0.273. The van der Waals surface area contributed by atoms with Crippen LogP contribution in [0.3, 0.4) is 0 Å². The number of aromatic amines is 1. The van der Waals surface area contributed by atoms with E-state index in [0.29, 0.717) is 5.92 Å². The molecule has 2 aromatic rings. The highest BCUT2D eigenvalue weighted by Crippen LogP contribution is 2.37. The number of nitrogens with one attached hydrogen (secondary N) is 2. The van der Waals surface area contributed by atoms with Gasteiger partial charge in [-0.1, -0.05) is 24.3 Å². The van der Waals surface area contributed by atoms with Gasteiger partial charge in [0, 0.05) is 0 Å². The van der Waals surface area contributed by atoms with E-state index in [0.717, 1.165) is 12.1 Å². The van der Waals surface area contributed by atoms with E-state index in [1.807, 2.05) is 13.2 Å². The number of aromatic nitrogens is 3. The highest BCUT2D eigenvalue weighted by molar-refractivity contribution is 5.32. The third-order valence-electron chi connectivity index (χ3n) is 4.15. The Kier molecular flexibility index (Phi) is 3.60. The lowest BCUT2D eigenvalue weighted by atomic mass is 9.79. The number of aryl methyl sites for hydroxylation is 1. The quantitative estimate of drug-likeness (QED) is 0.884. The van der Waals surface area contributed by atoms with Crippen LogP contribution in [0.5, 0.6) is 0 Å². The summed E-state index contributed by atoms with van der Waals surface area (Å²) in [6, 6.07) is 9.13. The molecule has 0 aliphatic heterocycles. The van der Waals surface area contributed by atoms with E-state index in [9.17, 15) is 0 Å². The predicted octanol–water partition coefficient (Wildman–Crippen LogP) is 2.58. The van der Waals surface area contributed by atoms with Crippen LogP contribution in [0.1, 0.15) is 48.0 Å². The van der Waals surface area contributed by atoms with Gasteiger partial charge < -0.3 is 5.32 Å². The van der Waals surface area contributed by atoms with Crippen molar-refractivity contribution in [3.63, 3.8) is 0 Å². The molecular formula is C15H20N4. The maximum absolute atomic E-state index is 4.21. The largest absolute Gasteiger partial charge is 0.312 e. The minimum atomic E-state index is 0.273. The van der Waals surface area contributed by atoms with Crippen LogP contribution >= 0.6 is 0 Å². The van der Waals surface area contributed by atoms with Crippen LogP contribution in [-0.4, -0.2) is 22.5 Å². The molecule has 4 heteroatoms. The van der Waals surface area contributed by atoms with Crippen molar-refractivity contribution >= 4 is 0 Å². The molecule has 1 aromatic heterocycles. The smallest absolute Gasteiger partial charge is 0.0993 e. The molecule has 0 saturated carbocycles. The van der Waals surface area contributed by atoms with Gasteiger partial charge in [0.15, 0.2) is 0 Å². The number of hydrogen-bond acceptors (Lipinski definition) is 3. The van der Waals surface area contributed by atoms with E-state index in [1.165, 1.54) is 30.4 Å². The zero-order chi connectivity index (χ0) is 13.1. The normalized spacial score (nSPS) is 19.9. The van der Waals surface area contributed by atoms with Crippen LogP contribution < -0.4 is 5.32 Å². The Morgan fingerprint density at radius 2 is 2.32 bits per heavy atom. The molecule has 0 bridgehead atoms. The standard InChI is InChI=1S/C15H20N4/c1-16-14(15-10-17-19-18-15)9-12-7-4-6-11-5-2-3-8-13(11)12/h2-3,5,8,10,12,14,16H,4,6-7,9H2,1H3,(H,17,18,19). The van der Waals surface area contributed by atoms with Gasteiger partial charge in [-0.15, -0.1) is 0 Å². The molecule has 0 amide bonds. The second kappa shape index (κ2) is 5.53. The molecule has 1 aliphatic carbocycles. The van der Waals surface area contributed by atoms with Gasteiger partial charge in [-0.25, -0.2) is 0 Å². The number of benzene rings is 1. The Bertz CT molecular complexity index is 521. The second-order valence-corrected chi connectivity index (χ2v) is 5.26. The molecule has 1 aromatic carbocycles. The third kappa shape index (κ3) is 2.54. The van der Waals surface area contributed by atoms with Crippen molar-refractivity contribution in [2.75, 3.05) is 7.05 Å². The molecule has 1 heterocycles. The molecule has 2 unspecified atom stereocenters. The van der Waals surface area contributed by atoms with Crippen LogP contribution in [0.15, 0.2) is 30.5 Å². The minimum Gasteiger partial charge on any atom is -0.312 e. The topological polar surface area (TPSA) is 53.6 Å². The number of hydrogen-bond donors (Lipinski definition) is 2. The third-order valence-corrected chi connectivity index (χ3v) is 4.15. The average molecular weight is 256 g/mol. The number of nitrogens with zero attached hydrogens (tertiary/aromatic N) is 2. The molecule has 19 heavy (non-hydrogen) atoms. The monoisotopic (exact) mass is 256 g/mol. The SMILES string of the molecule is CNC(CC1CCCc2ccccc21)c1cn[nH]n1. The highest BCUT2D eigenvalue weighted by atomic mass is 15.3. The summed E-state index contributed by atoms with van der Waals surface area (Å²) in [5.41, 5.74) is 4.05. The fourth-order valence-electron chi connectivity index (χ4n) is 3.15. The Hall–Kier alpha value is -1.68. The molecule has 0 spiro atoms. The number of fused-ring (bicyclic) bond motifs is 1. The van der Waals surface area contributed by atoms with Crippen molar-refractivity contribution < 1.29 is 0 Å². The van der Waals surface area contributed by atoms with Gasteiger partial charge in [-0.05, 0) is 49.8 Å². The first-order chi connectivity index (χ1) is 9.38. The molecule has 2 atom stereocenters. The van der Waals surface area contributed by atoms with E-state index >= 15 is 0 Å². The van der Waals surface area contributed by atoms with Crippen LogP contribution in [0.4, 0.5) is 0 Å². The lowest BCUT2D eigenvalue weighted by Crippen LogP contribution is -2.21. The van der Waals surface area contributed by atoms with E-state index in [1.54, 1.807) is 0 Å². The second-order valence-electron chi connectivity index (χ2n) is 5.26. The van der Waals surface area contributed by atoms with E-state index in [4.69, 9.17) is 0 Å². The van der Waals surface area contributed by atoms with Gasteiger partial charge in [0.25, 0.3) is 0 Å². The summed E-state index contributed by atoms with van der Waals surface area (Å²) >= 11 is 0. The maximum atomic E-state index is 4.21. The first-order valence-corrected chi connectivity index (χ1v) is 6.99. The summed E-state index contributed by atoms with van der Waals surface area (Å²) in [5, 5.41) is 14.2. The van der Waals surface area contributed by atoms with Crippen molar-refractivity contribution in [3.05, 3.63) is 47.3 Å². The van der Waals surface area contributed by atoms with Crippen molar-refractivity contribution in [1.29, 1.82) is 0 Å². The van der Waals surface area contributed by atoms with Crippen molar-refractivity contribution in [3.8, 4) is 0 Å². The van der Waals surface area contributed by atoms with Gasteiger partial charge in [0.1, 0.15) is 0 Å². The summed E-state index contributed by atoms with van der Waals surface area (Å²) in [4.78, 5) is 0. The molecule has 0 fully saturated rings. The molecular weight excluding hydrogens is 236 g/mol. The Labute approximate surface area is 113 Å². The fourth-order valence-corrected chi connectivity index (χ4v) is 3.15. The summed E-state index contributed by atoms with van der Waals surface area (Å²) in [5.74, 6) is 0.624. The van der Waals surface area contributed by atoms with Gasteiger partial charge in [-0.2, -0.15) is 15.4 Å². The molecule has 100 valence electrons. The van der Waals surface area contributed by atoms with Crippen molar-refractivity contribution in [2.45, 2.75) is 37.6 Å². The lowest BCUT2D eigenvalue weighted by Gasteiger charge is -2.28. The molecule has 0 saturated heterocycles. The lowest BCUT2D eigenvalue weighted by molar-refractivity contribution is 0.433. The highest BCUT2D eigenvalue weighted by Gasteiger charge is 2.24. The van der Waals surface area contributed by atoms with Crippen LogP contribution in [0.2, 0.25) is 0 Å². The Morgan fingerprint density at radius 1 is 1.42 bits per heavy atom. The summed E-state index contributed by atoms with van der Waals surface area (Å²) in [6.45, 7) is 0. The van der Waals surface area contributed by atoms with Crippen LogP contribution in [0.25, 0.3) is 0 Å². The molecule has 2 N–H and O–H groups in total. The summed E-state index contributed by atoms with van der Waals surface area (Å²) in [6.07, 6.45) is 6.68. The summed E-state index contributed by atoms with van der Waals surface area (Å²) < 4.78 is 0. The number of rotatable bonds is 4. The molecule has 3 rings (SSSR count). The van der Waals surface area contributed by atoms with Gasteiger partial charge in [0.2, 0.25) is 0 Å². The van der Waals surface area contributed by atoms with Crippen LogP contribution in [0, 0.1) is 0 Å².